The molecule has 170 valence electrons. The van der Waals surface area contributed by atoms with Crippen LogP contribution in [0.25, 0.3) is 0 Å². The number of carbonyl (C=O) groups excluding carboxylic acids is 1. The number of nitrogens with one attached hydrogen (secondary N) is 3. The average molecular weight is 451 g/mol. The van der Waals surface area contributed by atoms with Crippen molar-refractivity contribution in [3.8, 4) is 0 Å². The summed E-state index contributed by atoms with van der Waals surface area (Å²) < 4.78 is 0. The van der Waals surface area contributed by atoms with Gasteiger partial charge in [-0.3, -0.25) is 15.1 Å². The van der Waals surface area contributed by atoms with Crippen LogP contribution in [0.5, 0.6) is 0 Å². The van der Waals surface area contributed by atoms with Gasteiger partial charge in [-0.15, -0.1) is 0 Å². The number of benzene rings is 2. The summed E-state index contributed by atoms with van der Waals surface area (Å²) >= 11 is 0. The molecule has 3 atom stereocenters. The molecule has 3 unspecified atom stereocenters. The standard InChI is InChI=1S/C27H26N6O/c1-17(18-6-8-19(28)9-7-18)31-26(34)21-10-11-24-27(22-4-2-3-5-23(22)32-25(21)27)30-16-33(24)20-12-14-29-15-13-20/h2-15,17,24,30,32H,16,28H2,1H3,(H,31,34). The smallest absolute Gasteiger partial charge is 0.253 e. The molecule has 3 aliphatic rings. The lowest BCUT2D eigenvalue weighted by Gasteiger charge is -2.37. The molecule has 3 aromatic rings. The molecule has 0 bridgehead atoms. The lowest BCUT2D eigenvalue weighted by molar-refractivity contribution is -0.117. The fourth-order valence-electron chi connectivity index (χ4n) is 5.36. The largest absolute Gasteiger partial charge is 0.399 e. The van der Waals surface area contributed by atoms with Crippen molar-refractivity contribution in [1.82, 2.24) is 15.6 Å². The number of anilines is 3. The molecule has 6 rings (SSSR count). The average Bonchev–Trinajstić information content (AvgIpc) is 3.42. The molecule has 3 heterocycles. The van der Waals surface area contributed by atoms with Crippen LogP contribution in [0.4, 0.5) is 17.1 Å². The number of hydrogen-bond acceptors (Lipinski definition) is 6. The molecule has 1 saturated heterocycles. The van der Waals surface area contributed by atoms with E-state index in [2.05, 4.69) is 44.0 Å². The second-order valence-corrected chi connectivity index (χ2v) is 8.94. The van der Waals surface area contributed by atoms with Gasteiger partial charge in [0, 0.05) is 35.0 Å². The second kappa shape index (κ2) is 7.74. The zero-order valence-corrected chi connectivity index (χ0v) is 18.8. The van der Waals surface area contributed by atoms with Gasteiger partial charge in [0.2, 0.25) is 0 Å². The first-order chi connectivity index (χ1) is 16.6. The van der Waals surface area contributed by atoms with Crippen molar-refractivity contribution in [1.29, 1.82) is 0 Å². The maximum Gasteiger partial charge on any atom is 0.253 e. The summed E-state index contributed by atoms with van der Waals surface area (Å²) in [5, 5.41) is 10.5. The summed E-state index contributed by atoms with van der Waals surface area (Å²) in [6, 6.07) is 19.7. The first kappa shape index (κ1) is 20.5. The Morgan fingerprint density at radius 3 is 2.71 bits per heavy atom. The molecule has 1 aromatic heterocycles. The molecule has 0 saturated carbocycles. The van der Waals surface area contributed by atoms with Crippen LogP contribution in [-0.4, -0.2) is 23.6 Å². The molecule has 1 spiro atoms. The fraction of sp³-hybridized carbons (Fsp3) is 0.185. The second-order valence-electron chi connectivity index (χ2n) is 8.94. The summed E-state index contributed by atoms with van der Waals surface area (Å²) in [5.41, 5.74) is 11.8. The lowest BCUT2D eigenvalue weighted by Crippen LogP contribution is -2.49. The van der Waals surface area contributed by atoms with Crippen molar-refractivity contribution in [3.05, 3.63) is 108 Å². The first-order valence-corrected chi connectivity index (χ1v) is 11.5. The van der Waals surface area contributed by atoms with E-state index >= 15 is 0 Å². The third-order valence-electron chi connectivity index (χ3n) is 7.05. The number of carbonyl (C=O) groups is 1. The van der Waals surface area contributed by atoms with Crippen LogP contribution in [0.3, 0.4) is 0 Å². The van der Waals surface area contributed by atoms with Crippen molar-refractivity contribution >= 4 is 23.0 Å². The molecule has 1 fully saturated rings. The summed E-state index contributed by atoms with van der Waals surface area (Å²) in [6.07, 6.45) is 7.70. The van der Waals surface area contributed by atoms with E-state index in [1.54, 1.807) is 0 Å². The zero-order valence-electron chi connectivity index (χ0n) is 18.8. The minimum atomic E-state index is -0.536. The van der Waals surface area contributed by atoms with Gasteiger partial charge < -0.3 is 21.3 Å². The molecule has 0 radical (unpaired) electrons. The molecule has 2 aromatic carbocycles. The maximum absolute atomic E-state index is 13.5. The van der Waals surface area contributed by atoms with Crippen molar-refractivity contribution in [2.45, 2.75) is 24.5 Å². The number of aromatic nitrogens is 1. The summed E-state index contributed by atoms with van der Waals surface area (Å²) in [7, 11) is 0. The lowest BCUT2D eigenvalue weighted by atomic mass is 9.77. The quantitative estimate of drug-likeness (QED) is 0.455. The molecule has 7 heteroatoms. The van der Waals surface area contributed by atoms with E-state index < -0.39 is 5.54 Å². The predicted octanol–water partition coefficient (Wildman–Crippen LogP) is 3.42. The van der Waals surface area contributed by atoms with Gasteiger partial charge >= 0.3 is 0 Å². The SMILES string of the molecule is CC(NC(=O)C1=C2Nc3ccccc3C23NCN(c2ccncc2)C3C=C1)c1ccc(N)cc1. The Bertz CT molecular complexity index is 1320. The van der Waals surface area contributed by atoms with E-state index in [4.69, 9.17) is 5.73 Å². The summed E-state index contributed by atoms with van der Waals surface area (Å²) in [6.45, 7) is 2.63. The van der Waals surface area contributed by atoms with E-state index in [0.29, 0.717) is 17.9 Å². The minimum Gasteiger partial charge on any atom is -0.399 e. The Morgan fingerprint density at radius 1 is 1.15 bits per heavy atom. The maximum atomic E-state index is 13.5. The number of nitrogen functional groups attached to an aromatic ring is 1. The Labute approximate surface area is 198 Å². The van der Waals surface area contributed by atoms with Crippen LogP contribution >= 0.6 is 0 Å². The molecular weight excluding hydrogens is 424 g/mol. The van der Waals surface area contributed by atoms with Gasteiger partial charge in [0.25, 0.3) is 5.91 Å². The van der Waals surface area contributed by atoms with Gasteiger partial charge in [-0.05, 0) is 48.9 Å². The number of para-hydroxylation sites is 1. The van der Waals surface area contributed by atoms with Crippen molar-refractivity contribution in [3.63, 3.8) is 0 Å². The summed E-state index contributed by atoms with van der Waals surface area (Å²) in [5.74, 6) is -0.113. The van der Waals surface area contributed by atoms with Crippen molar-refractivity contribution < 1.29 is 4.79 Å². The van der Waals surface area contributed by atoms with E-state index in [0.717, 1.165) is 28.2 Å². The van der Waals surface area contributed by atoms with Crippen LogP contribution in [-0.2, 0) is 10.3 Å². The number of fused-ring (bicyclic) bond motifs is 1. The van der Waals surface area contributed by atoms with Crippen molar-refractivity contribution in [2.75, 3.05) is 22.6 Å². The van der Waals surface area contributed by atoms with Gasteiger partial charge in [0.15, 0.2) is 0 Å². The van der Waals surface area contributed by atoms with Crippen LogP contribution in [0.1, 0.15) is 24.1 Å². The molecule has 34 heavy (non-hydrogen) atoms. The predicted molar refractivity (Wildman–Crippen MR) is 134 cm³/mol. The Hall–Kier alpha value is -4.10. The number of nitrogens with two attached hydrogens (primary N) is 1. The highest BCUT2D eigenvalue weighted by atomic mass is 16.1. The molecule has 1 aliphatic carbocycles. The Balaban J connectivity index is 1.39. The Kier molecular flexibility index (Phi) is 4.67. The van der Waals surface area contributed by atoms with Gasteiger partial charge in [-0.1, -0.05) is 36.4 Å². The fourth-order valence-corrected chi connectivity index (χ4v) is 5.36. The topological polar surface area (TPSA) is 95.3 Å². The van der Waals surface area contributed by atoms with E-state index in [-0.39, 0.29) is 18.0 Å². The van der Waals surface area contributed by atoms with Gasteiger partial charge in [-0.2, -0.15) is 0 Å². The van der Waals surface area contributed by atoms with Crippen LogP contribution < -0.4 is 26.6 Å². The summed E-state index contributed by atoms with van der Waals surface area (Å²) in [4.78, 5) is 20.0. The minimum absolute atomic E-state index is 0.00659. The molecular formula is C27H26N6O. The molecule has 5 N–H and O–H groups in total. The highest BCUT2D eigenvalue weighted by Gasteiger charge is 2.57. The van der Waals surface area contributed by atoms with Crippen molar-refractivity contribution in [2.24, 2.45) is 0 Å². The number of rotatable bonds is 4. The Morgan fingerprint density at radius 2 is 1.91 bits per heavy atom. The highest BCUT2D eigenvalue weighted by Crippen LogP contribution is 2.51. The van der Waals surface area contributed by atoms with Crippen LogP contribution in [0.2, 0.25) is 0 Å². The van der Waals surface area contributed by atoms with E-state index in [1.807, 2.05) is 73.9 Å². The van der Waals surface area contributed by atoms with E-state index in [9.17, 15) is 4.79 Å². The number of amides is 1. The third kappa shape index (κ3) is 3.01. The van der Waals surface area contributed by atoms with Gasteiger partial charge in [-0.25, -0.2) is 0 Å². The highest BCUT2D eigenvalue weighted by molar-refractivity contribution is 6.00. The number of hydrogen-bond donors (Lipinski definition) is 4. The normalized spacial score (nSPS) is 23.1. The van der Waals surface area contributed by atoms with Crippen LogP contribution in [0.15, 0.2) is 96.5 Å². The molecule has 1 amide bonds. The third-order valence-corrected chi connectivity index (χ3v) is 7.05. The molecule has 2 aliphatic heterocycles. The van der Waals surface area contributed by atoms with Gasteiger partial charge in [0.1, 0.15) is 5.54 Å². The zero-order chi connectivity index (χ0) is 23.3. The monoisotopic (exact) mass is 450 g/mol. The molecule has 7 nitrogen and oxygen atoms in total. The number of pyridine rings is 1. The van der Waals surface area contributed by atoms with Gasteiger partial charge in [0.05, 0.1) is 30.0 Å². The first-order valence-electron chi connectivity index (χ1n) is 11.5. The van der Waals surface area contributed by atoms with Crippen LogP contribution in [0, 0.1) is 0 Å². The van der Waals surface area contributed by atoms with E-state index in [1.165, 1.54) is 0 Å². The number of nitrogens with zero attached hydrogens (tertiary/aromatic N) is 2.